The van der Waals surface area contributed by atoms with E-state index < -0.39 is 35.7 Å². The summed E-state index contributed by atoms with van der Waals surface area (Å²) in [5.74, 6) is -1.85. The number of rotatable bonds is 18. The van der Waals surface area contributed by atoms with Crippen molar-refractivity contribution in [1.29, 1.82) is 0 Å². The van der Waals surface area contributed by atoms with Gasteiger partial charge in [-0.3, -0.25) is 19.4 Å². The molecule has 2 aromatic heterocycles. The van der Waals surface area contributed by atoms with Crippen molar-refractivity contribution in [2.45, 2.75) is 134 Å². The molecule has 4 rings (SSSR count). The first-order valence-corrected chi connectivity index (χ1v) is 19.5. The average Bonchev–Trinajstić information content (AvgIpc) is 3.64. The van der Waals surface area contributed by atoms with E-state index in [1.165, 1.54) is 21.1 Å². The number of nitrogens with zero attached hydrogens (tertiary/aromatic N) is 5. The highest BCUT2D eigenvalue weighted by Gasteiger charge is 2.39. The predicted molar refractivity (Wildman–Crippen MR) is 194 cm³/mol. The lowest BCUT2D eigenvalue weighted by Crippen LogP contribution is -2.54. The van der Waals surface area contributed by atoms with Gasteiger partial charge in [0.05, 0.1) is 24.3 Å². The average molecular weight is 728 g/mol. The zero-order chi connectivity index (χ0) is 36.8. The highest BCUT2D eigenvalue weighted by molar-refractivity contribution is 7.09. The Balaban J connectivity index is 1.55. The summed E-state index contributed by atoms with van der Waals surface area (Å²) < 4.78 is 5.39. The minimum Gasteiger partial charge on any atom is -0.461 e. The van der Waals surface area contributed by atoms with E-state index in [0.29, 0.717) is 32.2 Å². The molecule has 0 spiro atoms. The molecule has 13 heteroatoms. The number of thiazole rings is 1. The molecule has 0 bridgehead atoms. The molecule has 2 aromatic rings. The van der Waals surface area contributed by atoms with Crippen LogP contribution in [-0.2, 0) is 36.9 Å². The molecule has 0 aromatic carbocycles. The van der Waals surface area contributed by atoms with Crippen LogP contribution in [0.3, 0.4) is 0 Å². The van der Waals surface area contributed by atoms with Crippen molar-refractivity contribution in [3.05, 3.63) is 46.7 Å². The summed E-state index contributed by atoms with van der Waals surface area (Å²) in [6.07, 6.45) is 10.6. The van der Waals surface area contributed by atoms with Gasteiger partial charge in [-0.25, -0.2) is 9.78 Å². The number of esters is 1. The van der Waals surface area contributed by atoms with Gasteiger partial charge < -0.3 is 29.6 Å². The lowest BCUT2D eigenvalue weighted by Gasteiger charge is -2.38. The number of pyridine rings is 1. The predicted octanol–water partition coefficient (Wildman–Crippen LogP) is 4.52. The number of carbonyl (C=O) groups excluding carboxylic acids is 4. The summed E-state index contributed by atoms with van der Waals surface area (Å²) in [6, 6.07) is 4.58. The minimum absolute atomic E-state index is 0.146. The minimum atomic E-state index is -1.66. The van der Waals surface area contributed by atoms with Gasteiger partial charge in [-0.2, -0.15) is 0 Å². The standard InChI is InChI=1S/C38H57N5O7S/c1-28(2)50-37(48)36(47)31(24-29-12-6-4-7-13-29)43(26-35(46)41(3)22-17-30-14-8-11-20-39-30)34(45)16-15-33(44)42(25-32-40-21-23-51-32)27-38(49)18-9-5-10-19-38/h8,11,14,20-21,23,28-29,31,36,47,49H,4-7,9-10,12-13,15-19,22,24-27H2,1-3H3/t31-,36+/m0/s1. The first kappa shape index (κ1) is 40.4. The van der Waals surface area contributed by atoms with Gasteiger partial charge in [-0.05, 0) is 51.2 Å². The maximum atomic E-state index is 14.3. The maximum absolute atomic E-state index is 14.3. The third-order valence-electron chi connectivity index (χ3n) is 10.1. The van der Waals surface area contributed by atoms with Crippen molar-refractivity contribution >= 4 is 35.0 Å². The second-order valence-electron chi connectivity index (χ2n) is 14.6. The maximum Gasteiger partial charge on any atom is 0.337 e. The van der Waals surface area contributed by atoms with Gasteiger partial charge in [-0.1, -0.05) is 57.4 Å². The van der Waals surface area contributed by atoms with Crippen LogP contribution in [0.4, 0.5) is 0 Å². The fourth-order valence-electron chi connectivity index (χ4n) is 7.23. The van der Waals surface area contributed by atoms with Gasteiger partial charge >= 0.3 is 5.97 Å². The lowest BCUT2D eigenvalue weighted by atomic mass is 9.83. The molecule has 0 radical (unpaired) electrons. The Morgan fingerprint density at radius 1 is 0.961 bits per heavy atom. The Labute approximate surface area is 306 Å². The van der Waals surface area contributed by atoms with Crippen LogP contribution in [0, 0.1) is 5.92 Å². The third kappa shape index (κ3) is 12.9. The van der Waals surface area contributed by atoms with Crippen LogP contribution in [0.15, 0.2) is 36.0 Å². The van der Waals surface area contributed by atoms with Crippen molar-refractivity contribution in [3.63, 3.8) is 0 Å². The Morgan fingerprint density at radius 2 is 1.67 bits per heavy atom. The summed E-state index contributed by atoms with van der Waals surface area (Å²) in [5, 5.41) is 25.4. The summed E-state index contributed by atoms with van der Waals surface area (Å²) >= 11 is 1.42. The van der Waals surface area contributed by atoms with E-state index in [2.05, 4.69) is 9.97 Å². The van der Waals surface area contributed by atoms with E-state index in [1.54, 1.807) is 38.2 Å². The molecule has 2 atom stereocenters. The number of aromatic nitrogens is 2. The second kappa shape index (κ2) is 20.0. The SMILES string of the molecule is CC(C)OC(=O)[C@H](O)[C@H](CC1CCCCC1)N(CC(=O)N(C)CCc1ccccn1)C(=O)CCC(=O)N(Cc1nccs1)CC1(O)CCCCC1. The van der Waals surface area contributed by atoms with Crippen LogP contribution in [0.1, 0.15) is 108 Å². The lowest BCUT2D eigenvalue weighted by molar-refractivity contribution is -0.165. The number of ether oxygens (including phenoxy) is 1. The van der Waals surface area contributed by atoms with E-state index >= 15 is 0 Å². The summed E-state index contributed by atoms with van der Waals surface area (Å²) in [7, 11) is 1.66. The summed E-state index contributed by atoms with van der Waals surface area (Å²) in [5.41, 5.74) is -0.176. The quantitative estimate of drug-likeness (QED) is 0.211. The fourth-order valence-corrected chi connectivity index (χ4v) is 7.86. The van der Waals surface area contributed by atoms with Crippen LogP contribution in [0.2, 0.25) is 0 Å². The number of hydrogen-bond acceptors (Lipinski definition) is 10. The monoisotopic (exact) mass is 727 g/mol. The van der Waals surface area contributed by atoms with E-state index in [-0.39, 0.29) is 50.2 Å². The molecule has 2 heterocycles. The molecule has 2 fully saturated rings. The molecule has 0 saturated heterocycles. The molecule has 2 saturated carbocycles. The van der Waals surface area contributed by atoms with Crippen molar-refractivity contribution in [1.82, 2.24) is 24.7 Å². The van der Waals surface area contributed by atoms with Gasteiger partial charge in [0.2, 0.25) is 17.7 Å². The molecule has 282 valence electrons. The Morgan fingerprint density at radius 3 is 2.31 bits per heavy atom. The smallest absolute Gasteiger partial charge is 0.337 e. The van der Waals surface area contributed by atoms with E-state index in [0.717, 1.165) is 62.1 Å². The number of likely N-dealkylation sites (N-methyl/N-ethyl adjacent to an activating group) is 1. The third-order valence-corrected chi connectivity index (χ3v) is 10.9. The van der Waals surface area contributed by atoms with Gasteiger partial charge in [0.25, 0.3) is 0 Å². The zero-order valence-electron chi connectivity index (χ0n) is 30.6. The van der Waals surface area contributed by atoms with E-state index in [1.807, 2.05) is 23.6 Å². The van der Waals surface area contributed by atoms with Crippen LogP contribution >= 0.6 is 11.3 Å². The molecule has 0 unspecified atom stereocenters. The highest BCUT2D eigenvalue weighted by atomic mass is 32.1. The Hall–Kier alpha value is -3.42. The molecule has 2 aliphatic carbocycles. The number of hydrogen-bond donors (Lipinski definition) is 2. The van der Waals surface area contributed by atoms with Crippen molar-refractivity contribution < 1.29 is 34.1 Å². The summed E-state index contributed by atoms with van der Waals surface area (Å²) in [4.78, 5) is 68.1. The first-order chi connectivity index (χ1) is 24.4. The molecule has 51 heavy (non-hydrogen) atoms. The Bertz CT molecular complexity index is 1380. The van der Waals surface area contributed by atoms with E-state index in [9.17, 15) is 29.4 Å². The molecule has 0 aliphatic heterocycles. The molecule has 2 aliphatic rings. The number of amides is 3. The van der Waals surface area contributed by atoms with Crippen molar-refractivity contribution in [2.24, 2.45) is 5.92 Å². The molecule has 2 N–H and O–H groups in total. The number of carbonyl (C=O) groups is 4. The highest BCUT2D eigenvalue weighted by Crippen LogP contribution is 2.32. The van der Waals surface area contributed by atoms with Gasteiger partial charge in [-0.15, -0.1) is 11.3 Å². The summed E-state index contributed by atoms with van der Waals surface area (Å²) in [6.45, 7) is 3.74. The molecular weight excluding hydrogens is 671 g/mol. The first-order valence-electron chi connectivity index (χ1n) is 18.6. The second-order valence-corrected chi connectivity index (χ2v) is 15.6. The molecule has 3 amide bonds. The molecule has 12 nitrogen and oxygen atoms in total. The van der Waals surface area contributed by atoms with Crippen LogP contribution in [0.5, 0.6) is 0 Å². The van der Waals surface area contributed by atoms with E-state index in [4.69, 9.17) is 4.74 Å². The normalized spacial score (nSPS) is 17.4. The van der Waals surface area contributed by atoms with Crippen molar-refractivity contribution in [3.8, 4) is 0 Å². The zero-order valence-corrected chi connectivity index (χ0v) is 31.4. The molecular formula is C38H57N5O7S. The van der Waals surface area contributed by atoms with Gasteiger partial charge in [0.1, 0.15) is 11.6 Å². The van der Waals surface area contributed by atoms with Crippen LogP contribution in [0.25, 0.3) is 0 Å². The number of aliphatic hydroxyl groups excluding tert-OH is 1. The largest absolute Gasteiger partial charge is 0.461 e. The van der Waals surface area contributed by atoms with Crippen molar-refractivity contribution in [2.75, 3.05) is 26.7 Å². The number of aliphatic hydroxyl groups is 2. The van der Waals surface area contributed by atoms with Crippen LogP contribution < -0.4 is 0 Å². The van der Waals surface area contributed by atoms with Crippen LogP contribution in [-0.4, -0.2) is 109 Å². The fraction of sp³-hybridized carbons (Fsp3) is 0.684. The van der Waals surface area contributed by atoms with Gasteiger partial charge in [0.15, 0.2) is 6.10 Å². The van der Waals surface area contributed by atoms with Gasteiger partial charge in [0, 0.05) is 62.9 Å². The topological polar surface area (TPSA) is 153 Å². The Kier molecular flexibility index (Phi) is 15.8.